The van der Waals surface area contributed by atoms with Crippen molar-refractivity contribution in [2.24, 2.45) is 0 Å². The van der Waals surface area contributed by atoms with Crippen molar-refractivity contribution in [2.75, 3.05) is 51.2 Å². The monoisotopic (exact) mass is 642 g/mol. The highest BCUT2D eigenvalue weighted by atomic mass is 16.5. The number of benzene rings is 2. The smallest absolute Gasteiger partial charge is 0.274 e. The summed E-state index contributed by atoms with van der Waals surface area (Å²) in [6.45, 7) is 6.01. The second-order valence-corrected chi connectivity index (χ2v) is 10.8. The van der Waals surface area contributed by atoms with Crippen LogP contribution in [-0.2, 0) is 13.1 Å². The topological polar surface area (TPSA) is 167 Å². The summed E-state index contributed by atoms with van der Waals surface area (Å²) in [5.74, 6) is 0.304. The average molecular weight is 643 g/mol. The number of nitrogens with one attached hydrogen (secondary N) is 4. The molecule has 2 amide bonds. The summed E-state index contributed by atoms with van der Waals surface area (Å²) in [5.41, 5.74) is 6.73. The highest BCUT2D eigenvalue weighted by Crippen LogP contribution is 2.34. The Morgan fingerprint density at radius 2 is 1.17 bits per heavy atom. The quantitative estimate of drug-likeness (QED) is 0.0989. The Morgan fingerprint density at radius 1 is 0.702 bits per heavy atom. The lowest BCUT2D eigenvalue weighted by Crippen LogP contribution is -2.19. The molecule has 0 fully saturated rings. The molecule has 2 aromatic carbocycles. The Bertz CT molecular complexity index is 1700. The highest BCUT2D eigenvalue weighted by Gasteiger charge is 2.18. The van der Waals surface area contributed by atoms with Crippen molar-refractivity contribution >= 4 is 23.2 Å². The molecule has 12 nitrogen and oxygen atoms in total. The molecule has 12 heteroatoms. The third-order valence-corrected chi connectivity index (χ3v) is 7.68. The number of pyridine rings is 2. The van der Waals surface area contributed by atoms with Gasteiger partial charge in [-0.2, -0.15) is 0 Å². The van der Waals surface area contributed by atoms with Gasteiger partial charge >= 0.3 is 0 Å². The van der Waals surface area contributed by atoms with E-state index in [-0.39, 0.29) is 36.4 Å². The standard InChI is InChI=1S/C35H42N6O6/c1-22-26(8-5-10-28(22)40-34(44)30-16-32(46-3)24(20-38-30)18-36-12-7-14-42)27-9-6-11-29(23(27)2)41-35(45)31-17-33(47-4)25(21-39-31)19-37-13-15-43/h5-6,8-11,16-17,20-21,36-37,42-43H,7,12-15,18-19H2,1-4H3,(H,40,44)(H,41,45). The van der Waals surface area contributed by atoms with Gasteiger partial charge in [0.1, 0.15) is 22.9 Å². The molecule has 0 radical (unpaired) electrons. The summed E-state index contributed by atoms with van der Waals surface area (Å²) in [5, 5.41) is 30.2. The predicted molar refractivity (Wildman–Crippen MR) is 181 cm³/mol. The van der Waals surface area contributed by atoms with Crippen molar-refractivity contribution in [3.05, 3.63) is 94.6 Å². The zero-order valence-electron chi connectivity index (χ0n) is 27.1. The summed E-state index contributed by atoms with van der Waals surface area (Å²) in [6, 6.07) is 14.5. The Balaban J connectivity index is 1.51. The van der Waals surface area contributed by atoms with E-state index in [2.05, 4.69) is 31.2 Å². The van der Waals surface area contributed by atoms with Gasteiger partial charge in [0.2, 0.25) is 0 Å². The van der Waals surface area contributed by atoms with Crippen LogP contribution in [0, 0.1) is 13.8 Å². The number of carbonyl (C=O) groups excluding carboxylic acids is 2. The van der Waals surface area contributed by atoms with Gasteiger partial charge in [0.05, 0.1) is 20.8 Å². The van der Waals surface area contributed by atoms with Crippen LogP contribution in [0.3, 0.4) is 0 Å². The maximum Gasteiger partial charge on any atom is 0.274 e. The van der Waals surface area contributed by atoms with Gasteiger partial charge < -0.3 is 41.0 Å². The lowest BCUT2D eigenvalue weighted by Gasteiger charge is -2.17. The van der Waals surface area contributed by atoms with Gasteiger partial charge in [-0.05, 0) is 61.2 Å². The van der Waals surface area contributed by atoms with Crippen LogP contribution < -0.4 is 30.7 Å². The molecule has 248 valence electrons. The van der Waals surface area contributed by atoms with Crippen molar-refractivity contribution in [3.8, 4) is 22.6 Å². The molecular weight excluding hydrogens is 600 g/mol. The van der Waals surface area contributed by atoms with Crippen LogP contribution in [0.1, 0.15) is 49.7 Å². The number of ether oxygens (including phenoxy) is 2. The van der Waals surface area contributed by atoms with Crippen LogP contribution in [0.4, 0.5) is 11.4 Å². The number of amides is 2. The van der Waals surface area contributed by atoms with E-state index in [1.54, 1.807) is 31.6 Å². The summed E-state index contributed by atoms with van der Waals surface area (Å²) in [6.07, 6.45) is 3.84. The number of methoxy groups -OCH3 is 2. The van der Waals surface area contributed by atoms with Gasteiger partial charge in [0.25, 0.3) is 11.8 Å². The van der Waals surface area contributed by atoms with Crippen molar-refractivity contribution in [1.29, 1.82) is 0 Å². The summed E-state index contributed by atoms with van der Waals surface area (Å²) in [4.78, 5) is 35.2. The zero-order chi connectivity index (χ0) is 33.8. The van der Waals surface area contributed by atoms with E-state index in [1.165, 1.54) is 7.11 Å². The minimum atomic E-state index is -0.383. The Morgan fingerprint density at radius 3 is 1.60 bits per heavy atom. The van der Waals surface area contributed by atoms with Crippen LogP contribution in [0.15, 0.2) is 60.9 Å². The number of rotatable bonds is 16. The van der Waals surface area contributed by atoms with Crippen LogP contribution in [-0.4, -0.2) is 72.5 Å². The summed E-state index contributed by atoms with van der Waals surface area (Å²) >= 11 is 0. The first kappa shape index (κ1) is 35.0. The molecule has 4 rings (SSSR count). The first-order valence-corrected chi connectivity index (χ1v) is 15.3. The number of carbonyl (C=O) groups is 2. The van der Waals surface area contributed by atoms with E-state index in [9.17, 15) is 9.59 Å². The van der Waals surface area contributed by atoms with Crippen LogP contribution in [0.25, 0.3) is 11.1 Å². The number of nitrogens with zero attached hydrogens (tertiary/aromatic N) is 2. The van der Waals surface area contributed by atoms with Crippen molar-refractivity contribution in [2.45, 2.75) is 33.4 Å². The normalized spacial score (nSPS) is 10.9. The molecule has 0 saturated carbocycles. The molecule has 0 aliphatic rings. The van der Waals surface area contributed by atoms with Gasteiger partial charge in [-0.3, -0.25) is 19.6 Å². The molecule has 2 aromatic heterocycles. The van der Waals surface area contributed by atoms with E-state index < -0.39 is 0 Å². The molecule has 6 N–H and O–H groups in total. The van der Waals surface area contributed by atoms with Crippen molar-refractivity contribution in [1.82, 2.24) is 20.6 Å². The molecule has 0 aliphatic carbocycles. The molecule has 4 aromatic rings. The molecule has 0 bridgehead atoms. The van der Waals surface area contributed by atoms with Crippen LogP contribution >= 0.6 is 0 Å². The Hall–Kier alpha value is -4.88. The molecule has 0 unspecified atom stereocenters. The van der Waals surface area contributed by atoms with E-state index in [0.29, 0.717) is 55.5 Å². The number of anilines is 2. The zero-order valence-corrected chi connectivity index (χ0v) is 27.1. The van der Waals surface area contributed by atoms with Gasteiger partial charge in [0, 0.05) is 73.3 Å². The molecule has 0 aliphatic heterocycles. The molecule has 2 heterocycles. The molecule has 0 spiro atoms. The summed E-state index contributed by atoms with van der Waals surface area (Å²) in [7, 11) is 3.08. The fourth-order valence-corrected chi connectivity index (χ4v) is 5.05. The van der Waals surface area contributed by atoms with Gasteiger partial charge in [0.15, 0.2) is 0 Å². The van der Waals surface area contributed by atoms with Crippen LogP contribution in [0.5, 0.6) is 11.5 Å². The first-order valence-electron chi connectivity index (χ1n) is 15.3. The van der Waals surface area contributed by atoms with Gasteiger partial charge in [-0.15, -0.1) is 0 Å². The van der Waals surface area contributed by atoms with Gasteiger partial charge in [-0.1, -0.05) is 24.3 Å². The largest absolute Gasteiger partial charge is 0.496 e. The minimum Gasteiger partial charge on any atom is -0.496 e. The first-order chi connectivity index (χ1) is 22.8. The average Bonchev–Trinajstić information content (AvgIpc) is 3.08. The van der Waals surface area contributed by atoms with Gasteiger partial charge in [-0.25, -0.2) is 0 Å². The second kappa shape index (κ2) is 17.2. The summed E-state index contributed by atoms with van der Waals surface area (Å²) < 4.78 is 11.0. The van der Waals surface area contributed by atoms with Crippen LogP contribution in [0.2, 0.25) is 0 Å². The predicted octanol–water partition coefficient (Wildman–Crippen LogP) is 3.84. The second-order valence-electron chi connectivity index (χ2n) is 10.8. The van der Waals surface area contributed by atoms with E-state index in [1.807, 2.05) is 50.2 Å². The van der Waals surface area contributed by atoms with E-state index in [4.69, 9.17) is 19.7 Å². The lowest BCUT2D eigenvalue weighted by molar-refractivity contribution is 0.101. The fourth-order valence-electron chi connectivity index (χ4n) is 5.05. The lowest BCUT2D eigenvalue weighted by atomic mass is 9.94. The Kier molecular flexibility index (Phi) is 12.8. The molecule has 0 atom stereocenters. The number of hydrogen-bond acceptors (Lipinski definition) is 10. The third kappa shape index (κ3) is 8.89. The Labute approximate surface area is 274 Å². The number of aliphatic hydroxyl groups is 2. The maximum atomic E-state index is 13.3. The fraction of sp³-hybridized carbons (Fsp3) is 0.314. The SMILES string of the molecule is COc1cc(C(=O)Nc2cccc(-c3cccc(NC(=O)c4cc(OC)c(CNCCCO)cn4)c3C)c2C)ncc1CNCCO. The van der Waals surface area contributed by atoms with E-state index in [0.717, 1.165) is 33.4 Å². The molecule has 47 heavy (non-hydrogen) atoms. The van der Waals surface area contributed by atoms with Crippen molar-refractivity contribution in [3.63, 3.8) is 0 Å². The molecular formula is C35H42N6O6. The maximum absolute atomic E-state index is 13.3. The number of aliphatic hydroxyl groups excluding tert-OH is 2. The molecule has 0 saturated heterocycles. The van der Waals surface area contributed by atoms with Crippen molar-refractivity contribution < 1.29 is 29.3 Å². The number of aromatic nitrogens is 2. The third-order valence-electron chi connectivity index (χ3n) is 7.68. The highest BCUT2D eigenvalue weighted by molar-refractivity contribution is 6.05. The number of hydrogen-bond donors (Lipinski definition) is 6. The van der Waals surface area contributed by atoms with E-state index >= 15 is 0 Å². The minimum absolute atomic E-state index is 0.0150.